The molecule has 3 aromatic rings. The van der Waals surface area contributed by atoms with E-state index in [1.807, 2.05) is 48.7 Å². The van der Waals surface area contributed by atoms with Crippen molar-refractivity contribution in [2.75, 3.05) is 0 Å². The monoisotopic (exact) mass is 276 g/mol. The van der Waals surface area contributed by atoms with Gasteiger partial charge in [-0.2, -0.15) is 0 Å². The van der Waals surface area contributed by atoms with Crippen LogP contribution in [0.15, 0.2) is 54.9 Å². The first-order valence-corrected chi connectivity index (χ1v) is 7.08. The van der Waals surface area contributed by atoms with Gasteiger partial charge in [0.1, 0.15) is 5.69 Å². The third kappa shape index (κ3) is 2.82. The minimum atomic E-state index is 0.00329. The summed E-state index contributed by atoms with van der Waals surface area (Å²) in [6.45, 7) is 2.09. The van der Waals surface area contributed by atoms with Crippen LogP contribution >= 0.6 is 0 Å². The lowest BCUT2D eigenvalue weighted by Crippen LogP contribution is -2.08. The van der Waals surface area contributed by atoms with Crippen LogP contribution in [-0.2, 0) is 12.8 Å². The number of pyridine rings is 2. The number of hydrogen-bond donors (Lipinski definition) is 0. The van der Waals surface area contributed by atoms with E-state index in [1.54, 1.807) is 6.20 Å². The highest BCUT2D eigenvalue weighted by molar-refractivity contribution is 6.06. The van der Waals surface area contributed by atoms with Crippen molar-refractivity contribution in [3.8, 4) is 0 Å². The number of fused-ring (bicyclic) bond motifs is 1. The van der Waals surface area contributed by atoms with Gasteiger partial charge in [0.2, 0.25) is 0 Å². The van der Waals surface area contributed by atoms with Gasteiger partial charge in [-0.15, -0.1) is 0 Å². The van der Waals surface area contributed by atoms with Gasteiger partial charge in [0.25, 0.3) is 0 Å². The van der Waals surface area contributed by atoms with E-state index >= 15 is 0 Å². The summed E-state index contributed by atoms with van der Waals surface area (Å²) in [6.07, 6.45) is 4.75. The molecule has 3 heteroatoms. The largest absolute Gasteiger partial charge is 0.292 e. The average molecular weight is 276 g/mol. The Hall–Kier alpha value is -2.55. The van der Waals surface area contributed by atoms with Gasteiger partial charge in [0, 0.05) is 23.5 Å². The molecule has 0 aliphatic rings. The molecule has 0 spiro atoms. The van der Waals surface area contributed by atoms with Gasteiger partial charge in [-0.3, -0.25) is 14.8 Å². The molecule has 3 rings (SSSR count). The third-order valence-electron chi connectivity index (χ3n) is 3.57. The normalized spacial score (nSPS) is 10.7. The average Bonchev–Trinajstić information content (AvgIpc) is 2.55. The van der Waals surface area contributed by atoms with E-state index in [4.69, 9.17) is 0 Å². The van der Waals surface area contributed by atoms with Crippen molar-refractivity contribution < 1.29 is 4.79 Å². The lowest BCUT2D eigenvalue weighted by molar-refractivity contribution is 0.0989. The number of hydrogen-bond acceptors (Lipinski definition) is 3. The van der Waals surface area contributed by atoms with Crippen molar-refractivity contribution in [1.82, 2.24) is 9.97 Å². The van der Waals surface area contributed by atoms with E-state index in [-0.39, 0.29) is 12.2 Å². The number of Topliss-reactive ketones (excluding diaryl/α,β-unsaturated/α-hetero) is 1. The van der Waals surface area contributed by atoms with E-state index in [0.717, 1.165) is 22.9 Å². The van der Waals surface area contributed by atoms with Gasteiger partial charge in [0.15, 0.2) is 5.78 Å². The Balaban J connectivity index is 1.90. The molecule has 0 atom stereocenters. The molecular formula is C18H16N2O. The molecule has 2 heterocycles. The van der Waals surface area contributed by atoms with Gasteiger partial charge >= 0.3 is 0 Å². The molecule has 2 aromatic heterocycles. The lowest BCUT2D eigenvalue weighted by atomic mass is 10.0. The van der Waals surface area contributed by atoms with E-state index in [1.165, 1.54) is 5.56 Å². The Morgan fingerprint density at radius 1 is 1.05 bits per heavy atom. The van der Waals surface area contributed by atoms with Crippen LogP contribution in [0.2, 0.25) is 0 Å². The van der Waals surface area contributed by atoms with Crippen molar-refractivity contribution in [3.05, 3.63) is 71.8 Å². The van der Waals surface area contributed by atoms with Crippen molar-refractivity contribution >= 4 is 16.6 Å². The molecule has 0 aliphatic heterocycles. The van der Waals surface area contributed by atoms with Crippen LogP contribution < -0.4 is 0 Å². The second kappa shape index (κ2) is 5.83. The Morgan fingerprint density at radius 2 is 1.90 bits per heavy atom. The van der Waals surface area contributed by atoms with Crippen molar-refractivity contribution in [1.29, 1.82) is 0 Å². The molecule has 0 saturated heterocycles. The quantitative estimate of drug-likeness (QED) is 0.683. The predicted octanol–water partition coefficient (Wildman–Crippen LogP) is 3.62. The molecule has 0 unspecified atom stereocenters. The van der Waals surface area contributed by atoms with Crippen LogP contribution in [0, 0.1) is 0 Å². The van der Waals surface area contributed by atoms with Crippen molar-refractivity contribution in [3.63, 3.8) is 0 Å². The van der Waals surface area contributed by atoms with Gasteiger partial charge < -0.3 is 0 Å². The van der Waals surface area contributed by atoms with Crippen molar-refractivity contribution in [2.24, 2.45) is 0 Å². The number of benzene rings is 1. The minimum Gasteiger partial charge on any atom is -0.292 e. The molecular weight excluding hydrogens is 260 g/mol. The Bertz CT molecular complexity index is 773. The predicted molar refractivity (Wildman–Crippen MR) is 83.4 cm³/mol. The van der Waals surface area contributed by atoms with Crippen molar-refractivity contribution in [2.45, 2.75) is 19.8 Å². The smallest absolute Gasteiger partial charge is 0.187 e. The lowest BCUT2D eigenvalue weighted by Gasteiger charge is -2.05. The Kier molecular flexibility index (Phi) is 3.73. The zero-order valence-electron chi connectivity index (χ0n) is 11.9. The topological polar surface area (TPSA) is 42.9 Å². The second-order valence-corrected chi connectivity index (χ2v) is 4.99. The highest BCUT2D eigenvalue weighted by Gasteiger charge is 2.12. The Labute approximate surface area is 123 Å². The molecule has 0 aliphatic carbocycles. The SMILES string of the molecule is CCc1ccc(CC(=O)c2nccc3ccccc23)nc1. The maximum Gasteiger partial charge on any atom is 0.187 e. The molecule has 0 amide bonds. The van der Waals surface area contributed by atoms with Gasteiger partial charge in [-0.25, -0.2) is 0 Å². The summed E-state index contributed by atoms with van der Waals surface area (Å²) in [6, 6.07) is 13.7. The van der Waals surface area contributed by atoms with Crippen LogP contribution in [0.5, 0.6) is 0 Å². The molecule has 0 radical (unpaired) electrons. The van der Waals surface area contributed by atoms with Crippen LogP contribution in [-0.4, -0.2) is 15.8 Å². The van der Waals surface area contributed by atoms with Crippen LogP contribution in [0.25, 0.3) is 10.8 Å². The Morgan fingerprint density at radius 3 is 2.67 bits per heavy atom. The zero-order valence-corrected chi connectivity index (χ0v) is 11.9. The van der Waals surface area contributed by atoms with E-state index in [0.29, 0.717) is 5.69 Å². The summed E-state index contributed by atoms with van der Waals surface area (Å²) >= 11 is 0. The number of aryl methyl sites for hydroxylation is 1. The second-order valence-electron chi connectivity index (χ2n) is 4.99. The maximum atomic E-state index is 12.5. The molecule has 0 saturated carbocycles. The maximum absolute atomic E-state index is 12.5. The summed E-state index contributed by atoms with van der Waals surface area (Å²) in [4.78, 5) is 21.1. The van der Waals surface area contributed by atoms with Gasteiger partial charge in [0.05, 0.1) is 6.42 Å². The fraction of sp³-hybridized carbons (Fsp3) is 0.167. The molecule has 1 aromatic carbocycles. The summed E-state index contributed by atoms with van der Waals surface area (Å²) in [5.74, 6) is 0.00329. The number of carbonyl (C=O) groups is 1. The molecule has 0 bridgehead atoms. The first kappa shape index (κ1) is 13.4. The number of carbonyl (C=O) groups excluding carboxylic acids is 1. The summed E-state index contributed by atoms with van der Waals surface area (Å²) in [5, 5.41) is 1.93. The van der Waals surface area contributed by atoms with E-state index < -0.39 is 0 Å². The van der Waals surface area contributed by atoms with Crippen LogP contribution in [0.4, 0.5) is 0 Å². The van der Waals surface area contributed by atoms with Gasteiger partial charge in [-0.05, 0) is 29.5 Å². The standard InChI is InChI=1S/C18H16N2O/c1-2-13-7-8-15(20-12-13)11-17(21)18-16-6-4-3-5-14(16)9-10-19-18/h3-10,12H,2,11H2,1H3. The minimum absolute atomic E-state index is 0.00329. The zero-order chi connectivity index (χ0) is 14.7. The number of rotatable bonds is 4. The fourth-order valence-corrected chi connectivity index (χ4v) is 2.36. The summed E-state index contributed by atoms with van der Waals surface area (Å²) in [7, 11) is 0. The molecule has 3 nitrogen and oxygen atoms in total. The molecule has 104 valence electrons. The molecule has 0 N–H and O–H groups in total. The molecule has 21 heavy (non-hydrogen) atoms. The summed E-state index contributed by atoms with van der Waals surface area (Å²) in [5.41, 5.74) is 2.48. The number of aromatic nitrogens is 2. The summed E-state index contributed by atoms with van der Waals surface area (Å²) < 4.78 is 0. The van der Waals surface area contributed by atoms with Crippen LogP contribution in [0.3, 0.4) is 0 Å². The fourth-order valence-electron chi connectivity index (χ4n) is 2.36. The first-order valence-electron chi connectivity index (χ1n) is 7.08. The van der Waals surface area contributed by atoms with E-state index in [2.05, 4.69) is 16.9 Å². The number of nitrogens with zero attached hydrogens (tertiary/aromatic N) is 2. The first-order chi connectivity index (χ1) is 10.3. The van der Waals surface area contributed by atoms with E-state index in [9.17, 15) is 4.79 Å². The van der Waals surface area contributed by atoms with Gasteiger partial charge in [-0.1, -0.05) is 37.3 Å². The van der Waals surface area contributed by atoms with Crippen LogP contribution in [0.1, 0.15) is 28.7 Å². The highest BCUT2D eigenvalue weighted by Crippen LogP contribution is 2.17. The number of ketones is 1. The third-order valence-corrected chi connectivity index (χ3v) is 3.57. The highest BCUT2D eigenvalue weighted by atomic mass is 16.1. The molecule has 0 fully saturated rings.